The van der Waals surface area contributed by atoms with Gasteiger partial charge in [0.2, 0.25) is 0 Å². The Kier molecular flexibility index (Phi) is 4.07. The molecule has 0 aliphatic rings. The molecule has 0 heterocycles. The topological polar surface area (TPSA) is 78.7 Å². The van der Waals surface area contributed by atoms with Crippen LogP contribution in [0.4, 0.5) is 10.5 Å². The second kappa shape index (κ2) is 5.32. The van der Waals surface area contributed by atoms with Gasteiger partial charge >= 0.3 is 6.16 Å². The van der Waals surface area contributed by atoms with Crippen LogP contribution in [0.5, 0.6) is 0 Å². The normalized spacial score (nSPS) is 9.62. The zero-order chi connectivity index (χ0) is 12.1. The largest absolute Gasteiger partial charge is 0.527 e. The van der Waals surface area contributed by atoms with Crippen LogP contribution in [-0.4, -0.2) is 11.1 Å². The van der Waals surface area contributed by atoms with Gasteiger partial charge in [-0.15, -0.1) is 0 Å². The number of aryl methyl sites for hydroxylation is 1. The summed E-state index contributed by atoms with van der Waals surface area (Å²) in [5.74, 6) is 0. The highest BCUT2D eigenvalue weighted by molar-refractivity contribution is 6.12. The molecule has 1 rings (SSSR count). The van der Waals surface area contributed by atoms with Gasteiger partial charge in [0.15, 0.2) is 0 Å². The van der Waals surface area contributed by atoms with Crippen LogP contribution in [0, 0.1) is 17.0 Å². The molecule has 0 fully saturated rings. The van der Waals surface area contributed by atoms with Gasteiger partial charge in [-0.05, 0) is 13.0 Å². The first kappa shape index (κ1) is 12.3. The van der Waals surface area contributed by atoms with E-state index in [1.54, 1.807) is 19.1 Å². The third kappa shape index (κ3) is 2.83. The van der Waals surface area contributed by atoms with Crippen molar-refractivity contribution in [3.63, 3.8) is 0 Å². The predicted octanol–water partition coefficient (Wildman–Crippen LogP) is 2.71. The van der Waals surface area contributed by atoms with Gasteiger partial charge in [0, 0.05) is 5.56 Å². The first-order valence-corrected chi connectivity index (χ1v) is 4.55. The van der Waals surface area contributed by atoms with Crippen molar-refractivity contribution in [2.75, 3.05) is 0 Å². The number of para-hydroxylation sites is 1. The number of benzene rings is 1. The summed E-state index contributed by atoms with van der Waals surface area (Å²) < 4.78 is 8.27. The Hall–Kier alpha value is -1.82. The maximum Gasteiger partial charge on any atom is 0.527 e. The summed E-state index contributed by atoms with van der Waals surface area (Å²) in [6.45, 7) is 1.34. The van der Waals surface area contributed by atoms with Crippen molar-refractivity contribution < 1.29 is 18.7 Å². The van der Waals surface area contributed by atoms with E-state index in [9.17, 15) is 14.9 Å². The van der Waals surface area contributed by atoms with Gasteiger partial charge in [-0.3, -0.25) is 10.1 Å². The monoisotopic (exact) mass is 245 g/mol. The average molecular weight is 246 g/mol. The molecule has 0 aliphatic carbocycles. The van der Waals surface area contributed by atoms with Crippen LogP contribution in [-0.2, 0) is 15.6 Å². The number of carbonyl (C=O) groups excluding carboxylic acids is 1. The molecule has 1 aromatic carbocycles. The standard InChI is InChI=1S/C9H8ClNO5/c1-6-3-2-4-7(8(6)11(13)14)5-15-9(12)16-10/h2-4H,5H2,1H3. The lowest BCUT2D eigenvalue weighted by atomic mass is 10.1. The first-order chi connectivity index (χ1) is 7.56. The fourth-order valence-corrected chi connectivity index (χ4v) is 1.30. The minimum Gasteiger partial charge on any atom is -0.428 e. The van der Waals surface area contributed by atoms with Crippen molar-refractivity contribution in [2.45, 2.75) is 13.5 Å². The van der Waals surface area contributed by atoms with E-state index < -0.39 is 11.1 Å². The molecule has 0 radical (unpaired) electrons. The van der Waals surface area contributed by atoms with Crippen LogP contribution in [0.2, 0.25) is 0 Å². The van der Waals surface area contributed by atoms with Crippen molar-refractivity contribution in [3.8, 4) is 0 Å². The molecule has 0 spiro atoms. The summed E-state index contributed by atoms with van der Waals surface area (Å²) in [6.07, 6.45) is -1.10. The molecule has 0 amide bonds. The molecule has 0 atom stereocenters. The molecule has 0 N–H and O–H groups in total. The minimum atomic E-state index is -1.10. The van der Waals surface area contributed by atoms with E-state index >= 15 is 0 Å². The van der Waals surface area contributed by atoms with Crippen LogP contribution in [0.1, 0.15) is 11.1 Å². The molecule has 6 nitrogen and oxygen atoms in total. The summed E-state index contributed by atoms with van der Waals surface area (Å²) in [7, 11) is 0. The molecule has 0 aliphatic heterocycles. The number of rotatable bonds is 3. The second-order valence-electron chi connectivity index (χ2n) is 2.96. The second-order valence-corrected chi connectivity index (χ2v) is 3.11. The predicted molar refractivity (Wildman–Crippen MR) is 55.0 cm³/mol. The van der Waals surface area contributed by atoms with E-state index in [2.05, 4.69) is 9.03 Å². The SMILES string of the molecule is Cc1cccc(COC(=O)OCl)c1[N+](=O)[O-]. The average Bonchev–Trinajstić information content (AvgIpc) is 2.25. The fraction of sp³-hybridized carbons (Fsp3) is 0.222. The van der Waals surface area contributed by atoms with Crippen molar-refractivity contribution in [1.82, 2.24) is 0 Å². The highest BCUT2D eigenvalue weighted by Gasteiger charge is 2.18. The summed E-state index contributed by atoms with van der Waals surface area (Å²) >= 11 is 4.74. The van der Waals surface area contributed by atoms with E-state index in [4.69, 9.17) is 11.9 Å². The zero-order valence-electron chi connectivity index (χ0n) is 8.31. The van der Waals surface area contributed by atoms with Crippen LogP contribution >= 0.6 is 11.9 Å². The quantitative estimate of drug-likeness (QED) is 0.465. The molecule has 0 saturated heterocycles. The van der Waals surface area contributed by atoms with Gasteiger partial charge in [0.25, 0.3) is 5.69 Å². The van der Waals surface area contributed by atoms with Crippen molar-refractivity contribution in [2.24, 2.45) is 0 Å². The number of nitro benzene ring substituents is 1. The Bertz CT molecular complexity index is 420. The van der Waals surface area contributed by atoms with Crippen LogP contribution in [0.25, 0.3) is 0 Å². The Balaban J connectivity index is 2.91. The van der Waals surface area contributed by atoms with Crippen molar-refractivity contribution in [1.29, 1.82) is 0 Å². The Morgan fingerprint density at radius 1 is 1.56 bits per heavy atom. The van der Waals surface area contributed by atoms with E-state index in [0.717, 1.165) is 0 Å². The van der Waals surface area contributed by atoms with Gasteiger partial charge in [-0.1, -0.05) is 12.1 Å². The number of ether oxygens (including phenoxy) is 1. The van der Waals surface area contributed by atoms with E-state index in [0.29, 0.717) is 5.56 Å². The summed E-state index contributed by atoms with van der Waals surface area (Å²) in [5, 5.41) is 10.8. The molecule has 0 aromatic heterocycles. The highest BCUT2D eigenvalue weighted by atomic mass is 35.5. The number of nitrogens with zero attached hydrogens (tertiary/aromatic N) is 1. The zero-order valence-corrected chi connectivity index (χ0v) is 9.06. The van der Waals surface area contributed by atoms with Crippen molar-refractivity contribution >= 4 is 23.7 Å². The number of hydrogen-bond donors (Lipinski definition) is 0. The summed E-state index contributed by atoms with van der Waals surface area (Å²) in [5.41, 5.74) is 0.697. The number of carbonyl (C=O) groups is 1. The van der Waals surface area contributed by atoms with Crippen LogP contribution in [0.3, 0.4) is 0 Å². The Morgan fingerprint density at radius 3 is 2.81 bits per heavy atom. The van der Waals surface area contributed by atoms with Gasteiger partial charge in [-0.2, -0.15) is 0 Å². The lowest BCUT2D eigenvalue weighted by molar-refractivity contribution is -0.386. The molecule has 0 bridgehead atoms. The minimum absolute atomic E-state index is 0.0788. The van der Waals surface area contributed by atoms with E-state index in [1.165, 1.54) is 6.07 Å². The molecular weight excluding hydrogens is 238 g/mol. The number of hydrogen-bond acceptors (Lipinski definition) is 5. The summed E-state index contributed by atoms with van der Waals surface area (Å²) in [4.78, 5) is 20.8. The van der Waals surface area contributed by atoms with Gasteiger partial charge in [-0.25, -0.2) is 4.79 Å². The maximum atomic E-state index is 10.8. The lowest BCUT2D eigenvalue weighted by Crippen LogP contribution is -2.04. The van der Waals surface area contributed by atoms with E-state index in [1.807, 2.05) is 0 Å². The fourth-order valence-electron chi connectivity index (χ4n) is 1.26. The lowest BCUT2D eigenvalue weighted by Gasteiger charge is -2.04. The van der Waals surface area contributed by atoms with E-state index in [-0.39, 0.29) is 17.9 Å². The first-order valence-electron chi connectivity index (χ1n) is 4.24. The smallest absolute Gasteiger partial charge is 0.428 e. The maximum absolute atomic E-state index is 10.8. The molecule has 0 saturated carbocycles. The van der Waals surface area contributed by atoms with Crippen molar-refractivity contribution in [3.05, 3.63) is 39.4 Å². The Morgan fingerprint density at radius 2 is 2.25 bits per heavy atom. The highest BCUT2D eigenvalue weighted by Crippen LogP contribution is 2.23. The number of nitro groups is 1. The molecule has 7 heteroatoms. The molecular formula is C9H8ClNO5. The summed E-state index contributed by atoms with van der Waals surface area (Å²) in [6, 6.07) is 4.72. The van der Waals surface area contributed by atoms with Gasteiger partial charge in [0.1, 0.15) is 18.5 Å². The Labute approximate surface area is 96.0 Å². The van der Waals surface area contributed by atoms with Crippen LogP contribution in [0.15, 0.2) is 18.2 Å². The van der Waals surface area contributed by atoms with Crippen LogP contribution < -0.4 is 0 Å². The molecule has 1 aromatic rings. The number of halogens is 1. The van der Waals surface area contributed by atoms with Gasteiger partial charge < -0.3 is 9.03 Å². The molecule has 0 unspecified atom stereocenters. The molecule has 16 heavy (non-hydrogen) atoms. The third-order valence-electron chi connectivity index (χ3n) is 1.91. The molecule has 86 valence electrons. The third-order valence-corrected chi connectivity index (χ3v) is 2.04. The van der Waals surface area contributed by atoms with Gasteiger partial charge in [0.05, 0.1) is 10.5 Å².